The molecule has 0 aliphatic carbocycles. The summed E-state index contributed by atoms with van der Waals surface area (Å²) in [4.78, 5) is 17.5. The van der Waals surface area contributed by atoms with Crippen molar-refractivity contribution < 1.29 is 4.79 Å². The molecular weight excluding hydrogens is 176 g/mol. The van der Waals surface area contributed by atoms with Crippen LogP contribution in [-0.2, 0) is 11.3 Å². The van der Waals surface area contributed by atoms with E-state index < -0.39 is 0 Å². The molecule has 3 heteroatoms. The van der Waals surface area contributed by atoms with Gasteiger partial charge in [-0.15, -0.1) is 0 Å². The lowest BCUT2D eigenvalue weighted by atomic mass is 10.2. The van der Waals surface area contributed by atoms with E-state index in [0.717, 1.165) is 30.8 Å². The minimum absolute atomic E-state index is 0.272. The number of pyridine rings is 1. The summed E-state index contributed by atoms with van der Waals surface area (Å²) in [7, 11) is 0. The molecule has 1 saturated heterocycles. The van der Waals surface area contributed by atoms with E-state index in [9.17, 15) is 4.79 Å². The van der Waals surface area contributed by atoms with Gasteiger partial charge in [-0.1, -0.05) is 6.07 Å². The monoisotopic (exact) mass is 190 g/mol. The predicted molar refractivity (Wildman–Crippen MR) is 53.6 cm³/mol. The third-order valence-electron chi connectivity index (χ3n) is 2.65. The second-order valence-corrected chi connectivity index (χ2v) is 3.67. The fraction of sp³-hybridized carbons (Fsp3) is 0.455. The van der Waals surface area contributed by atoms with Gasteiger partial charge in [-0.3, -0.25) is 9.78 Å². The Kier molecular flexibility index (Phi) is 2.48. The molecular formula is C11H14N2O. The zero-order valence-electron chi connectivity index (χ0n) is 8.36. The molecule has 0 saturated carbocycles. The minimum Gasteiger partial charge on any atom is -0.338 e. The second-order valence-electron chi connectivity index (χ2n) is 3.67. The van der Waals surface area contributed by atoms with Gasteiger partial charge in [-0.05, 0) is 25.0 Å². The largest absolute Gasteiger partial charge is 0.338 e. The molecule has 3 nitrogen and oxygen atoms in total. The predicted octanol–water partition coefficient (Wildman–Crippen LogP) is 1.51. The van der Waals surface area contributed by atoms with Crippen LogP contribution in [0.1, 0.15) is 24.1 Å². The Labute approximate surface area is 83.8 Å². The lowest BCUT2D eigenvalue weighted by Crippen LogP contribution is -2.24. The Morgan fingerprint density at radius 1 is 1.57 bits per heavy atom. The van der Waals surface area contributed by atoms with Crippen molar-refractivity contribution in [3.05, 3.63) is 29.6 Å². The van der Waals surface area contributed by atoms with Crippen molar-refractivity contribution in [2.45, 2.75) is 26.3 Å². The van der Waals surface area contributed by atoms with Crippen LogP contribution in [0.25, 0.3) is 0 Å². The van der Waals surface area contributed by atoms with Crippen molar-refractivity contribution in [3.8, 4) is 0 Å². The lowest BCUT2D eigenvalue weighted by Gasteiger charge is -2.16. The van der Waals surface area contributed by atoms with Crippen LogP contribution in [0.5, 0.6) is 0 Å². The summed E-state index contributed by atoms with van der Waals surface area (Å²) in [5.74, 6) is 0.272. The molecule has 0 aromatic carbocycles. The number of hydrogen-bond acceptors (Lipinski definition) is 2. The first-order chi connectivity index (χ1) is 6.77. The molecule has 0 atom stereocenters. The number of rotatable bonds is 2. The third-order valence-corrected chi connectivity index (χ3v) is 2.65. The summed E-state index contributed by atoms with van der Waals surface area (Å²) in [6, 6.07) is 3.96. The number of aryl methyl sites for hydroxylation is 1. The molecule has 14 heavy (non-hydrogen) atoms. The van der Waals surface area contributed by atoms with Gasteiger partial charge >= 0.3 is 0 Å². The molecule has 0 spiro atoms. The molecule has 74 valence electrons. The highest BCUT2D eigenvalue weighted by Crippen LogP contribution is 2.15. The van der Waals surface area contributed by atoms with Crippen molar-refractivity contribution in [2.24, 2.45) is 0 Å². The summed E-state index contributed by atoms with van der Waals surface area (Å²) >= 11 is 0. The maximum Gasteiger partial charge on any atom is 0.222 e. The Bertz CT molecular complexity index is 349. The maximum atomic E-state index is 11.4. The van der Waals surface area contributed by atoms with Gasteiger partial charge in [0, 0.05) is 31.4 Å². The van der Waals surface area contributed by atoms with Crippen molar-refractivity contribution in [2.75, 3.05) is 6.54 Å². The SMILES string of the molecule is Cc1ncccc1CN1CCCC1=O. The van der Waals surface area contributed by atoms with Crippen molar-refractivity contribution in [1.29, 1.82) is 0 Å². The fourth-order valence-corrected chi connectivity index (χ4v) is 1.76. The first-order valence-corrected chi connectivity index (χ1v) is 4.95. The number of likely N-dealkylation sites (tertiary alicyclic amines) is 1. The molecule has 1 aromatic rings. The fourth-order valence-electron chi connectivity index (χ4n) is 1.76. The highest BCUT2D eigenvalue weighted by molar-refractivity contribution is 5.78. The average molecular weight is 190 g/mol. The van der Waals surface area contributed by atoms with Crippen LogP contribution in [-0.4, -0.2) is 22.3 Å². The van der Waals surface area contributed by atoms with Gasteiger partial charge in [0.25, 0.3) is 0 Å². The summed E-state index contributed by atoms with van der Waals surface area (Å²) in [6.07, 6.45) is 3.49. The Hall–Kier alpha value is -1.38. The van der Waals surface area contributed by atoms with E-state index in [1.807, 2.05) is 24.0 Å². The van der Waals surface area contributed by atoms with Gasteiger partial charge in [-0.2, -0.15) is 0 Å². The van der Waals surface area contributed by atoms with E-state index in [-0.39, 0.29) is 5.91 Å². The van der Waals surface area contributed by atoms with Gasteiger partial charge in [-0.25, -0.2) is 0 Å². The van der Waals surface area contributed by atoms with Crippen LogP contribution in [0.15, 0.2) is 18.3 Å². The van der Waals surface area contributed by atoms with Gasteiger partial charge in [0.15, 0.2) is 0 Å². The molecule has 0 bridgehead atoms. The van der Waals surface area contributed by atoms with Crippen molar-refractivity contribution >= 4 is 5.91 Å². The maximum absolute atomic E-state index is 11.4. The second kappa shape index (κ2) is 3.78. The smallest absolute Gasteiger partial charge is 0.222 e. The molecule has 2 heterocycles. The Morgan fingerprint density at radius 3 is 3.07 bits per heavy atom. The highest BCUT2D eigenvalue weighted by Gasteiger charge is 2.20. The quantitative estimate of drug-likeness (QED) is 0.708. The molecule has 1 aliphatic heterocycles. The van der Waals surface area contributed by atoms with Crippen molar-refractivity contribution in [3.63, 3.8) is 0 Å². The molecule has 2 rings (SSSR count). The van der Waals surface area contributed by atoms with E-state index in [0.29, 0.717) is 6.42 Å². The van der Waals surface area contributed by atoms with Crippen LogP contribution in [0, 0.1) is 6.92 Å². The highest BCUT2D eigenvalue weighted by atomic mass is 16.2. The van der Waals surface area contributed by atoms with Crippen LogP contribution in [0.2, 0.25) is 0 Å². The van der Waals surface area contributed by atoms with E-state index >= 15 is 0 Å². The van der Waals surface area contributed by atoms with E-state index in [1.165, 1.54) is 0 Å². The third kappa shape index (κ3) is 1.76. The number of aromatic nitrogens is 1. The van der Waals surface area contributed by atoms with Gasteiger partial charge in [0.05, 0.1) is 0 Å². The molecule has 1 aromatic heterocycles. The standard InChI is InChI=1S/C11H14N2O/c1-9-10(4-2-6-12-9)8-13-7-3-5-11(13)14/h2,4,6H,3,5,7-8H2,1H3. The van der Waals surface area contributed by atoms with Gasteiger partial charge < -0.3 is 4.90 Å². The molecule has 1 aliphatic rings. The van der Waals surface area contributed by atoms with E-state index in [4.69, 9.17) is 0 Å². The topological polar surface area (TPSA) is 33.2 Å². The average Bonchev–Trinajstić information content (AvgIpc) is 2.56. The van der Waals surface area contributed by atoms with Crippen LogP contribution < -0.4 is 0 Å². The van der Waals surface area contributed by atoms with Crippen LogP contribution >= 0.6 is 0 Å². The number of nitrogens with zero attached hydrogens (tertiary/aromatic N) is 2. The normalized spacial score (nSPS) is 16.4. The first-order valence-electron chi connectivity index (χ1n) is 4.95. The Balaban J connectivity index is 2.10. The molecule has 0 unspecified atom stereocenters. The molecule has 1 amide bonds. The number of amides is 1. The lowest BCUT2D eigenvalue weighted by molar-refractivity contribution is -0.128. The summed E-state index contributed by atoms with van der Waals surface area (Å²) in [6.45, 7) is 3.60. The van der Waals surface area contributed by atoms with Gasteiger partial charge in [0.2, 0.25) is 5.91 Å². The minimum atomic E-state index is 0.272. The Morgan fingerprint density at radius 2 is 2.43 bits per heavy atom. The molecule has 0 radical (unpaired) electrons. The number of hydrogen-bond donors (Lipinski definition) is 0. The van der Waals surface area contributed by atoms with Crippen molar-refractivity contribution in [1.82, 2.24) is 9.88 Å². The number of carbonyl (C=O) groups excluding carboxylic acids is 1. The van der Waals surface area contributed by atoms with E-state index in [2.05, 4.69) is 4.98 Å². The molecule has 1 fully saturated rings. The zero-order chi connectivity index (χ0) is 9.97. The molecule has 0 N–H and O–H groups in total. The van der Waals surface area contributed by atoms with E-state index in [1.54, 1.807) is 6.20 Å². The number of carbonyl (C=O) groups is 1. The van der Waals surface area contributed by atoms with Crippen LogP contribution in [0.3, 0.4) is 0 Å². The summed E-state index contributed by atoms with van der Waals surface area (Å²) in [5.41, 5.74) is 2.18. The summed E-state index contributed by atoms with van der Waals surface area (Å²) in [5, 5.41) is 0. The van der Waals surface area contributed by atoms with Crippen LogP contribution in [0.4, 0.5) is 0 Å². The first kappa shape index (κ1) is 9.19. The summed E-state index contributed by atoms with van der Waals surface area (Å²) < 4.78 is 0. The van der Waals surface area contributed by atoms with Gasteiger partial charge in [0.1, 0.15) is 0 Å². The zero-order valence-corrected chi connectivity index (χ0v) is 8.36.